The van der Waals surface area contributed by atoms with Crippen LogP contribution in [0, 0.1) is 0 Å². The van der Waals surface area contributed by atoms with E-state index in [0.29, 0.717) is 19.0 Å². The first-order valence-electron chi connectivity index (χ1n) is 9.09. The molecular weight excluding hydrogens is 344 g/mol. The third-order valence-electron chi connectivity index (χ3n) is 5.19. The standard InChI is InChI=1S/C20H20N4O3/c1-12-19(14-4-2-3-7-21-14)20-22-15(11-18(25)24(20)23-12)13-5-6-16-17(10-13)27-9-8-26-16/h2-7,10-12,19-20,22-23H,8-9H2,1H3. The van der Waals surface area contributed by atoms with Gasteiger partial charge in [-0.15, -0.1) is 0 Å². The summed E-state index contributed by atoms with van der Waals surface area (Å²) >= 11 is 0. The lowest BCUT2D eigenvalue weighted by Crippen LogP contribution is -2.52. The lowest BCUT2D eigenvalue weighted by molar-refractivity contribution is -0.130. The van der Waals surface area contributed by atoms with Crippen molar-refractivity contribution in [3.05, 3.63) is 59.9 Å². The zero-order valence-corrected chi connectivity index (χ0v) is 14.9. The van der Waals surface area contributed by atoms with E-state index in [1.807, 2.05) is 36.4 Å². The van der Waals surface area contributed by atoms with E-state index in [1.165, 1.54) is 0 Å². The molecule has 3 unspecified atom stereocenters. The number of nitrogens with one attached hydrogen (secondary N) is 2. The third-order valence-corrected chi connectivity index (χ3v) is 5.19. The van der Waals surface area contributed by atoms with Crippen LogP contribution in [0.25, 0.3) is 5.70 Å². The second kappa shape index (κ2) is 6.28. The first kappa shape index (κ1) is 16.1. The Morgan fingerprint density at radius 3 is 2.81 bits per heavy atom. The number of benzene rings is 1. The first-order valence-corrected chi connectivity index (χ1v) is 9.09. The predicted octanol–water partition coefficient (Wildman–Crippen LogP) is 1.64. The highest BCUT2D eigenvalue weighted by Gasteiger charge is 2.45. The van der Waals surface area contributed by atoms with Crippen molar-refractivity contribution in [3.8, 4) is 11.5 Å². The molecule has 0 bridgehead atoms. The highest BCUT2D eigenvalue weighted by atomic mass is 16.6. The Balaban J connectivity index is 1.48. The van der Waals surface area contributed by atoms with E-state index < -0.39 is 0 Å². The van der Waals surface area contributed by atoms with E-state index in [2.05, 4.69) is 22.7 Å². The highest BCUT2D eigenvalue weighted by molar-refractivity contribution is 5.97. The van der Waals surface area contributed by atoms with Crippen LogP contribution in [0.2, 0.25) is 0 Å². The maximum Gasteiger partial charge on any atom is 0.264 e. The summed E-state index contributed by atoms with van der Waals surface area (Å²) in [6.45, 7) is 3.15. The van der Waals surface area contributed by atoms with E-state index in [4.69, 9.17) is 9.47 Å². The summed E-state index contributed by atoms with van der Waals surface area (Å²) in [5.74, 6) is 1.40. The average molecular weight is 364 g/mol. The summed E-state index contributed by atoms with van der Waals surface area (Å²) < 4.78 is 11.3. The number of aromatic nitrogens is 1. The van der Waals surface area contributed by atoms with Gasteiger partial charge in [0.05, 0.1) is 5.92 Å². The van der Waals surface area contributed by atoms with Crippen molar-refractivity contribution in [2.75, 3.05) is 13.2 Å². The molecule has 5 rings (SSSR count). The molecule has 27 heavy (non-hydrogen) atoms. The van der Waals surface area contributed by atoms with E-state index in [9.17, 15) is 4.79 Å². The summed E-state index contributed by atoms with van der Waals surface area (Å²) in [7, 11) is 0. The van der Waals surface area contributed by atoms with Crippen LogP contribution in [0.15, 0.2) is 48.7 Å². The van der Waals surface area contributed by atoms with Crippen LogP contribution in [-0.2, 0) is 4.79 Å². The molecule has 3 aliphatic rings. The maximum absolute atomic E-state index is 12.7. The van der Waals surface area contributed by atoms with Gasteiger partial charge in [-0.1, -0.05) is 6.07 Å². The Kier molecular flexibility index (Phi) is 3.75. The van der Waals surface area contributed by atoms with Gasteiger partial charge in [-0.2, -0.15) is 0 Å². The molecule has 1 saturated heterocycles. The van der Waals surface area contributed by atoms with Crippen LogP contribution in [0.3, 0.4) is 0 Å². The minimum Gasteiger partial charge on any atom is -0.486 e. The summed E-state index contributed by atoms with van der Waals surface area (Å²) in [6, 6.07) is 11.7. The molecule has 3 aliphatic heterocycles. The molecular formula is C20H20N4O3. The SMILES string of the molecule is CC1NN2C(=O)C=C(c3ccc4c(c3)OCCO4)NC2C1c1ccccn1. The van der Waals surface area contributed by atoms with E-state index in [0.717, 1.165) is 22.7 Å². The molecule has 4 heterocycles. The number of fused-ring (bicyclic) bond motifs is 2. The second-order valence-corrected chi connectivity index (χ2v) is 6.91. The Morgan fingerprint density at radius 2 is 2.00 bits per heavy atom. The van der Waals surface area contributed by atoms with Gasteiger partial charge in [0, 0.05) is 35.3 Å². The molecule has 0 radical (unpaired) electrons. The number of amides is 1. The number of hydrogen-bond acceptors (Lipinski definition) is 6. The molecule has 1 fully saturated rings. The van der Waals surface area contributed by atoms with Crippen molar-refractivity contribution in [3.63, 3.8) is 0 Å². The number of ether oxygens (including phenoxy) is 2. The molecule has 0 saturated carbocycles. The van der Waals surface area contributed by atoms with Crippen LogP contribution in [0.1, 0.15) is 24.1 Å². The fourth-order valence-electron chi connectivity index (χ4n) is 3.93. The van der Waals surface area contributed by atoms with Gasteiger partial charge >= 0.3 is 0 Å². The van der Waals surface area contributed by atoms with Gasteiger partial charge in [-0.05, 0) is 37.3 Å². The Hall–Kier alpha value is -3.06. The van der Waals surface area contributed by atoms with Gasteiger partial charge in [0.15, 0.2) is 11.5 Å². The van der Waals surface area contributed by atoms with Crippen molar-refractivity contribution in [1.82, 2.24) is 20.7 Å². The second-order valence-electron chi connectivity index (χ2n) is 6.91. The molecule has 2 N–H and O–H groups in total. The number of pyridine rings is 1. The number of hydrogen-bond donors (Lipinski definition) is 2. The maximum atomic E-state index is 12.7. The molecule has 1 amide bonds. The summed E-state index contributed by atoms with van der Waals surface area (Å²) in [6.07, 6.45) is 3.19. The fraction of sp³-hybridized carbons (Fsp3) is 0.300. The molecule has 3 atom stereocenters. The molecule has 0 spiro atoms. The van der Waals surface area contributed by atoms with Gasteiger partial charge in [-0.25, -0.2) is 5.43 Å². The molecule has 1 aromatic carbocycles. The fourth-order valence-corrected chi connectivity index (χ4v) is 3.93. The highest BCUT2D eigenvalue weighted by Crippen LogP contribution is 2.36. The number of nitrogens with zero attached hydrogens (tertiary/aromatic N) is 2. The Bertz CT molecular complexity index is 915. The van der Waals surface area contributed by atoms with Crippen LogP contribution in [0.5, 0.6) is 11.5 Å². The minimum atomic E-state index is -0.212. The first-order chi connectivity index (χ1) is 13.2. The molecule has 1 aromatic heterocycles. The summed E-state index contributed by atoms with van der Waals surface area (Å²) in [5, 5.41) is 5.17. The van der Waals surface area contributed by atoms with Gasteiger partial charge in [-0.3, -0.25) is 14.8 Å². The minimum absolute atomic E-state index is 0.0380. The largest absolute Gasteiger partial charge is 0.486 e. The zero-order valence-electron chi connectivity index (χ0n) is 14.9. The molecule has 2 aromatic rings. The van der Waals surface area contributed by atoms with E-state index in [1.54, 1.807) is 17.3 Å². The van der Waals surface area contributed by atoms with E-state index in [-0.39, 0.29) is 24.0 Å². The third kappa shape index (κ3) is 2.71. The van der Waals surface area contributed by atoms with Gasteiger partial charge < -0.3 is 14.8 Å². The summed E-state index contributed by atoms with van der Waals surface area (Å²) in [5.41, 5.74) is 5.89. The van der Waals surface area contributed by atoms with Gasteiger partial charge in [0.25, 0.3) is 5.91 Å². The van der Waals surface area contributed by atoms with Crippen molar-refractivity contribution < 1.29 is 14.3 Å². The van der Waals surface area contributed by atoms with Crippen LogP contribution in [0.4, 0.5) is 0 Å². The quantitative estimate of drug-likeness (QED) is 0.844. The van der Waals surface area contributed by atoms with Gasteiger partial charge in [0.2, 0.25) is 0 Å². The smallest absolute Gasteiger partial charge is 0.264 e. The predicted molar refractivity (Wildman–Crippen MR) is 98.8 cm³/mol. The topological polar surface area (TPSA) is 75.7 Å². The molecule has 7 heteroatoms. The monoisotopic (exact) mass is 364 g/mol. The van der Waals surface area contributed by atoms with Crippen molar-refractivity contribution in [2.24, 2.45) is 0 Å². The summed E-state index contributed by atoms with van der Waals surface area (Å²) in [4.78, 5) is 17.3. The number of hydrazine groups is 1. The lowest BCUT2D eigenvalue weighted by atomic mass is 9.94. The lowest BCUT2D eigenvalue weighted by Gasteiger charge is -2.33. The number of rotatable bonds is 2. The van der Waals surface area contributed by atoms with E-state index >= 15 is 0 Å². The van der Waals surface area contributed by atoms with Gasteiger partial charge in [0.1, 0.15) is 19.4 Å². The van der Waals surface area contributed by atoms with Crippen molar-refractivity contribution in [1.29, 1.82) is 0 Å². The van der Waals surface area contributed by atoms with Crippen molar-refractivity contribution >= 4 is 11.6 Å². The number of carbonyl (C=O) groups excluding carboxylic acids is 1. The molecule has 0 aliphatic carbocycles. The Morgan fingerprint density at radius 1 is 1.15 bits per heavy atom. The zero-order chi connectivity index (χ0) is 18.4. The van der Waals surface area contributed by atoms with Crippen molar-refractivity contribution in [2.45, 2.75) is 25.0 Å². The molecule has 138 valence electrons. The van der Waals surface area contributed by atoms with Crippen LogP contribution in [-0.4, -0.2) is 41.3 Å². The normalized spacial score (nSPS) is 26.3. The van der Waals surface area contributed by atoms with Crippen LogP contribution < -0.4 is 20.2 Å². The van der Waals surface area contributed by atoms with Crippen LogP contribution >= 0.6 is 0 Å². The average Bonchev–Trinajstić information content (AvgIpc) is 3.05. The Labute approximate surface area is 157 Å². The number of carbonyl (C=O) groups is 1. The molecule has 7 nitrogen and oxygen atoms in total.